The smallest absolute Gasteiger partial charge is 0.374 e. The molecule has 4 heteroatoms. The molecule has 0 atom stereocenters. The van der Waals surface area contributed by atoms with Gasteiger partial charge in [0, 0.05) is 23.8 Å². The normalized spacial score (nSPS) is 12.0. The summed E-state index contributed by atoms with van der Waals surface area (Å²) in [6, 6.07) is 10.4. The molecular weight excluding hydrogens is 211 g/mol. The Morgan fingerprint density at radius 3 is 2.71 bits per heavy atom. The number of rotatable bonds is 4. The zero-order valence-electron chi connectivity index (χ0n) is 10.6. The van der Waals surface area contributed by atoms with Crippen LogP contribution in [0, 0.1) is 0 Å². The Kier molecular flexibility index (Phi) is 3.27. The van der Waals surface area contributed by atoms with Gasteiger partial charge in [-0.1, -0.05) is 18.2 Å². The molecule has 0 amide bonds. The van der Waals surface area contributed by atoms with Gasteiger partial charge in [0.2, 0.25) is 0 Å². The molecule has 0 fully saturated rings. The minimum atomic E-state index is -0.494. The van der Waals surface area contributed by atoms with Gasteiger partial charge in [0.25, 0.3) is 0 Å². The highest BCUT2D eigenvalue weighted by Crippen LogP contribution is 2.18. The minimum absolute atomic E-state index is 0.143. The summed E-state index contributed by atoms with van der Waals surface area (Å²) in [5, 5.41) is 13.8. The summed E-state index contributed by atoms with van der Waals surface area (Å²) in [4.78, 5) is 0. The van der Waals surface area contributed by atoms with Crippen LogP contribution in [0.15, 0.2) is 36.5 Å². The number of hydrogen-bond donors (Lipinski definition) is 2. The van der Waals surface area contributed by atoms with Crippen LogP contribution < -0.4 is 5.23 Å². The van der Waals surface area contributed by atoms with Crippen molar-refractivity contribution < 1.29 is 5.02 Å². The summed E-state index contributed by atoms with van der Waals surface area (Å²) in [6.07, 6.45) is 2.09. The quantitative estimate of drug-likeness (QED) is 0.789. The van der Waals surface area contributed by atoms with E-state index < -0.39 is 7.05 Å². The van der Waals surface area contributed by atoms with Gasteiger partial charge in [0.1, 0.15) is 0 Å². The van der Waals surface area contributed by atoms with E-state index in [1.165, 1.54) is 10.9 Å². The van der Waals surface area contributed by atoms with Crippen molar-refractivity contribution in [1.82, 2.24) is 9.79 Å². The highest BCUT2D eigenvalue weighted by Gasteiger charge is 2.21. The summed E-state index contributed by atoms with van der Waals surface area (Å²) in [7, 11) is -0.494. The van der Waals surface area contributed by atoms with E-state index in [0.717, 1.165) is 6.54 Å². The molecule has 1 aromatic heterocycles. The predicted octanol–water partition coefficient (Wildman–Crippen LogP) is 2.12. The largest absolute Gasteiger partial charge is 0.437 e. The topological polar surface area (TPSA) is 37.2 Å². The SMILES string of the molecule is CB(O)NC(C)(C)Cn1ccc2ccccc21. The second kappa shape index (κ2) is 4.55. The molecule has 0 saturated heterocycles. The number of fused-ring (bicyclic) bond motifs is 1. The first-order valence-electron chi connectivity index (χ1n) is 5.98. The summed E-state index contributed by atoms with van der Waals surface area (Å²) < 4.78 is 2.21. The van der Waals surface area contributed by atoms with Crippen LogP contribution in [0.25, 0.3) is 10.9 Å². The van der Waals surface area contributed by atoms with Gasteiger partial charge >= 0.3 is 7.05 Å². The number of nitrogens with zero attached hydrogens (tertiary/aromatic N) is 1. The molecule has 2 N–H and O–H groups in total. The van der Waals surface area contributed by atoms with Crippen LogP contribution in [0.4, 0.5) is 0 Å². The van der Waals surface area contributed by atoms with Crippen LogP contribution in [0.3, 0.4) is 0 Å². The third-order valence-corrected chi connectivity index (χ3v) is 2.85. The zero-order chi connectivity index (χ0) is 12.5. The molecule has 0 bridgehead atoms. The van der Waals surface area contributed by atoms with Crippen LogP contribution in [-0.2, 0) is 6.54 Å². The number of hydrogen-bond acceptors (Lipinski definition) is 2. The molecule has 0 aliphatic carbocycles. The van der Waals surface area contributed by atoms with E-state index in [9.17, 15) is 5.02 Å². The van der Waals surface area contributed by atoms with Crippen molar-refractivity contribution in [3.05, 3.63) is 36.5 Å². The Bertz CT molecular complexity index is 505. The molecule has 90 valence electrons. The van der Waals surface area contributed by atoms with E-state index in [-0.39, 0.29) is 5.54 Å². The zero-order valence-corrected chi connectivity index (χ0v) is 10.6. The Balaban J connectivity index is 2.23. The Labute approximate surface area is 103 Å². The van der Waals surface area contributed by atoms with Crippen LogP contribution >= 0.6 is 0 Å². The number of nitrogens with one attached hydrogen (secondary N) is 1. The fourth-order valence-electron chi connectivity index (χ4n) is 2.32. The first-order valence-corrected chi connectivity index (χ1v) is 5.98. The van der Waals surface area contributed by atoms with Crippen molar-refractivity contribution in [2.45, 2.75) is 32.8 Å². The number of aromatic nitrogens is 1. The lowest BCUT2D eigenvalue weighted by Gasteiger charge is -2.28. The molecule has 2 aromatic rings. The minimum Gasteiger partial charge on any atom is -0.437 e. The van der Waals surface area contributed by atoms with E-state index in [4.69, 9.17) is 0 Å². The third kappa shape index (κ3) is 2.90. The monoisotopic (exact) mass is 230 g/mol. The maximum atomic E-state index is 9.41. The van der Waals surface area contributed by atoms with Crippen LogP contribution in [0.2, 0.25) is 6.82 Å². The maximum Gasteiger partial charge on any atom is 0.374 e. The predicted molar refractivity (Wildman–Crippen MR) is 73.0 cm³/mol. The standard InChI is InChI=1S/C13H19BN2O/c1-13(2,15-14(3)17)10-16-9-8-11-6-4-5-7-12(11)16/h4-9,15,17H,10H2,1-3H3. The molecule has 2 rings (SSSR count). The highest BCUT2D eigenvalue weighted by atomic mass is 16.2. The molecule has 0 aliphatic rings. The van der Waals surface area contributed by atoms with Gasteiger partial charge in [-0.25, -0.2) is 0 Å². The molecular formula is C13H19BN2O. The van der Waals surface area contributed by atoms with Crippen molar-refractivity contribution in [3.8, 4) is 0 Å². The summed E-state index contributed by atoms with van der Waals surface area (Å²) in [5.41, 5.74) is 1.09. The maximum absolute atomic E-state index is 9.41. The summed E-state index contributed by atoms with van der Waals surface area (Å²) in [5.74, 6) is 0. The summed E-state index contributed by atoms with van der Waals surface area (Å²) in [6.45, 7) is 6.75. The van der Waals surface area contributed by atoms with Crippen LogP contribution in [0.5, 0.6) is 0 Å². The molecule has 0 spiro atoms. The van der Waals surface area contributed by atoms with Gasteiger partial charge < -0.3 is 14.8 Å². The van der Waals surface area contributed by atoms with E-state index >= 15 is 0 Å². The molecule has 3 nitrogen and oxygen atoms in total. The molecule has 0 unspecified atom stereocenters. The van der Waals surface area contributed by atoms with E-state index in [0.29, 0.717) is 0 Å². The molecule has 0 saturated carbocycles. The van der Waals surface area contributed by atoms with Crippen molar-refractivity contribution in [3.63, 3.8) is 0 Å². The van der Waals surface area contributed by atoms with E-state index in [2.05, 4.69) is 48.0 Å². The van der Waals surface area contributed by atoms with Crippen LogP contribution in [-0.4, -0.2) is 22.2 Å². The second-order valence-corrected chi connectivity index (χ2v) is 5.21. The fourth-order valence-corrected chi connectivity index (χ4v) is 2.32. The number of para-hydroxylation sites is 1. The van der Waals surface area contributed by atoms with Gasteiger partial charge in [-0.2, -0.15) is 0 Å². The average molecular weight is 230 g/mol. The van der Waals surface area contributed by atoms with Gasteiger partial charge in [-0.05, 0) is 38.2 Å². The van der Waals surface area contributed by atoms with Gasteiger partial charge in [-0.15, -0.1) is 0 Å². The van der Waals surface area contributed by atoms with E-state index in [1.807, 2.05) is 12.1 Å². The Morgan fingerprint density at radius 1 is 1.29 bits per heavy atom. The molecule has 0 aliphatic heterocycles. The van der Waals surface area contributed by atoms with Crippen molar-refractivity contribution in [2.75, 3.05) is 0 Å². The molecule has 1 aromatic carbocycles. The van der Waals surface area contributed by atoms with Gasteiger partial charge in [0.05, 0.1) is 0 Å². The van der Waals surface area contributed by atoms with E-state index in [1.54, 1.807) is 6.82 Å². The molecule has 17 heavy (non-hydrogen) atoms. The Morgan fingerprint density at radius 2 is 2.00 bits per heavy atom. The first-order chi connectivity index (χ1) is 7.98. The van der Waals surface area contributed by atoms with Crippen molar-refractivity contribution in [1.29, 1.82) is 0 Å². The van der Waals surface area contributed by atoms with Gasteiger partial charge in [0.15, 0.2) is 0 Å². The average Bonchev–Trinajstić information content (AvgIpc) is 2.59. The lowest BCUT2D eigenvalue weighted by atomic mass is 9.83. The van der Waals surface area contributed by atoms with Gasteiger partial charge in [-0.3, -0.25) is 0 Å². The fraction of sp³-hybridized carbons (Fsp3) is 0.385. The molecule has 1 heterocycles. The van der Waals surface area contributed by atoms with Crippen molar-refractivity contribution in [2.24, 2.45) is 0 Å². The lowest BCUT2D eigenvalue weighted by molar-refractivity contribution is 0.378. The number of benzene rings is 1. The lowest BCUT2D eigenvalue weighted by Crippen LogP contribution is -2.50. The highest BCUT2D eigenvalue weighted by molar-refractivity contribution is 6.45. The molecule has 0 radical (unpaired) electrons. The first kappa shape index (κ1) is 12.2. The van der Waals surface area contributed by atoms with Crippen LogP contribution in [0.1, 0.15) is 13.8 Å². The third-order valence-electron chi connectivity index (χ3n) is 2.85. The Hall–Kier alpha value is -1.26. The summed E-state index contributed by atoms with van der Waals surface area (Å²) >= 11 is 0. The second-order valence-electron chi connectivity index (χ2n) is 5.21. The van der Waals surface area contributed by atoms with Crippen molar-refractivity contribution >= 4 is 18.0 Å².